The van der Waals surface area contributed by atoms with Crippen molar-refractivity contribution >= 4 is 0 Å². The first-order valence-electron chi connectivity index (χ1n) is 6.63. The van der Waals surface area contributed by atoms with Crippen LogP contribution in [0.3, 0.4) is 0 Å². The summed E-state index contributed by atoms with van der Waals surface area (Å²) in [7, 11) is 1.96. The number of rotatable bonds is 5. The molecule has 1 aromatic rings. The van der Waals surface area contributed by atoms with E-state index in [9.17, 15) is 4.39 Å². The molecule has 94 valence electrons. The Morgan fingerprint density at radius 1 is 1.24 bits per heavy atom. The zero-order chi connectivity index (χ0) is 12.1. The molecule has 17 heavy (non-hydrogen) atoms. The molecular weight excluding hydrogens is 213 g/mol. The van der Waals surface area contributed by atoms with Crippen LogP contribution >= 0.6 is 0 Å². The Bertz CT molecular complexity index is 356. The Morgan fingerprint density at radius 3 is 2.65 bits per heavy atom. The third-order valence-electron chi connectivity index (χ3n) is 3.68. The summed E-state index contributed by atoms with van der Waals surface area (Å²) < 4.78 is 14.4. The molecule has 0 unspecified atom stereocenters. The Balaban J connectivity index is 2.00. The standard InChI is InChI=1S/C15H22FN/c1-17-10-7-13-5-4-6-14(11-13)12-15(16)8-2-3-9-15/h4-6,11,17H,2-3,7-10,12H2,1H3. The second-order valence-corrected chi connectivity index (χ2v) is 5.21. The second kappa shape index (κ2) is 5.63. The first-order valence-corrected chi connectivity index (χ1v) is 6.63. The zero-order valence-corrected chi connectivity index (χ0v) is 10.6. The molecule has 2 heteroatoms. The summed E-state index contributed by atoms with van der Waals surface area (Å²) in [6.45, 7) is 0.976. The minimum absolute atomic E-state index is 0.598. The van der Waals surface area contributed by atoms with Crippen LogP contribution in [-0.4, -0.2) is 19.3 Å². The molecule has 1 aliphatic carbocycles. The Kier molecular flexibility index (Phi) is 4.16. The van der Waals surface area contributed by atoms with Gasteiger partial charge in [-0.25, -0.2) is 4.39 Å². The van der Waals surface area contributed by atoms with E-state index in [2.05, 4.69) is 29.6 Å². The quantitative estimate of drug-likeness (QED) is 0.826. The predicted octanol–water partition coefficient (Wildman–Crippen LogP) is 3.27. The maximum absolute atomic E-state index is 14.4. The van der Waals surface area contributed by atoms with Gasteiger partial charge < -0.3 is 5.32 Å². The SMILES string of the molecule is CNCCc1cccc(CC2(F)CCCC2)c1. The van der Waals surface area contributed by atoms with Crippen LogP contribution in [0.1, 0.15) is 36.8 Å². The van der Waals surface area contributed by atoms with Crippen molar-refractivity contribution < 1.29 is 4.39 Å². The molecule has 1 nitrogen and oxygen atoms in total. The number of benzene rings is 1. The smallest absolute Gasteiger partial charge is 0.115 e. The molecular formula is C15H22FN. The number of halogens is 1. The van der Waals surface area contributed by atoms with E-state index in [-0.39, 0.29) is 0 Å². The van der Waals surface area contributed by atoms with Crippen LogP contribution in [0.5, 0.6) is 0 Å². The minimum atomic E-state index is -0.929. The van der Waals surface area contributed by atoms with Gasteiger partial charge in [-0.05, 0) is 44.0 Å². The van der Waals surface area contributed by atoms with E-state index in [4.69, 9.17) is 0 Å². The van der Waals surface area contributed by atoms with Crippen molar-refractivity contribution in [3.05, 3.63) is 35.4 Å². The minimum Gasteiger partial charge on any atom is -0.319 e. The molecule has 0 bridgehead atoms. The molecule has 1 aromatic carbocycles. The zero-order valence-electron chi connectivity index (χ0n) is 10.6. The van der Waals surface area contributed by atoms with Gasteiger partial charge in [-0.1, -0.05) is 37.1 Å². The van der Waals surface area contributed by atoms with Gasteiger partial charge in [0.1, 0.15) is 5.67 Å². The normalized spacial score (nSPS) is 18.5. The largest absolute Gasteiger partial charge is 0.319 e. The van der Waals surface area contributed by atoms with E-state index in [0.717, 1.165) is 44.2 Å². The summed E-state index contributed by atoms with van der Waals surface area (Å²) in [5.41, 5.74) is 1.53. The molecule has 0 aliphatic heterocycles. The van der Waals surface area contributed by atoms with Gasteiger partial charge in [0, 0.05) is 6.42 Å². The van der Waals surface area contributed by atoms with Gasteiger partial charge in [0.05, 0.1) is 0 Å². The van der Waals surface area contributed by atoms with Crippen molar-refractivity contribution in [2.75, 3.05) is 13.6 Å². The maximum atomic E-state index is 14.4. The molecule has 2 rings (SSSR count). The van der Waals surface area contributed by atoms with E-state index in [1.165, 1.54) is 5.56 Å². The first-order chi connectivity index (χ1) is 8.22. The fraction of sp³-hybridized carbons (Fsp3) is 0.600. The molecule has 1 aliphatic rings. The summed E-state index contributed by atoms with van der Waals surface area (Å²) >= 11 is 0. The fourth-order valence-corrected chi connectivity index (χ4v) is 2.72. The summed E-state index contributed by atoms with van der Waals surface area (Å²) in [6.07, 6.45) is 5.21. The Hall–Kier alpha value is -0.890. The lowest BCUT2D eigenvalue weighted by molar-refractivity contribution is 0.173. The Morgan fingerprint density at radius 2 is 1.94 bits per heavy atom. The summed E-state index contributed by atoms with van der Waals surface area (Å²) in [6, 6.07) is 8.40. The van der Waals surface area contributed by atoms with Crippen LogP contribution in [-0.2, 0) is 12.8 Å². The van der Waals surface area contributed by atoms with Crippen molar-refractivity contribution in [2.24, 2.45) is 0 Å². The second-order valence-electron chi connectivity index (χ2n) is 5.21. The number of hydrogen-bond donors (Lipinski definition) is 1. The molecule has 0 atom stereocenters. The van der Waals surface area contributed by atoms with Crippen molar-refractivity contribution in [1.82, 2.24) is 5.32 Å². The van der Waals surface area contributed by atoms with Crippen molar-refractivity contribution in [2.45, 2.75) is 44.2 Å². The van der Waals surface area contributed by atoms with Crippen LogP contribution in [0.2, 0.25) is 0 Å². The number of hydrogen-bond acceptors (Lipinski definition) is 1. The van der Waals surface area contributed by atoms with E-state index in [1.807, 2.05) is 7.05 Å². The highest BCUT2D eigenvalue weighted by molar-refractivity contribution is 5.25. The van der Waals surface area contributed by atoms with E-state index < -0.39 is 5.67 Å². The average Bonchev–Trinajstić information content (AvgIpc) is 2.73. The molecule has 0 aromatic heterocycles. The van der Waals surface area contributed by atoms with Crippen LogP contribution in [0, 0.1) is 0 Å². The molecule has 0 heterocycles. The van der Waals surface area contributed by atoms with Gasteiger partial charge >= 0.3 is 0 Å². The highest BCUT2D eigenvalue weighted by Gasteiger charge is 2.33. The predicted molar refractivity (Wildman–Crippen MR) is 70.1 cm³/mol. The van der Waals surface area contributed by atoms with Crippen LogP contribution in [0.15, 0.2) is 24.3 Å². The molecule has 1 saturated carbocycles. The van der Waals surface area contributed by atoms with Gasteiger partial charge in [-0.3, -0.25) is 0 Å². The lowest BCUT2D eigenvalue weighted by Gasteiger charge is -2.19. The van der Waals surface area contributed by atoms with Crippen molar-refractivity contribution in [1.29, 1.82) is 0 Å². The highest BCUT2D eigenvalue weighted by Crippen LogP contribution is 2.36. The number of alkyl halides is 1. The van der Waals surface area contributed by atoms with Crippen molar-refractivity contribution in [3.8, 4) is 0 Å². The summed E-state index contributed by atoms with van der Waals surface area (Å²) in [5.74, 6) is 0. The van der Waals surface area contributed by atoms with Crippen molar-refractivity contribution in [3.63, 3.8) is 0 Å². The molecule has 0 radical (unpaired) electrons. The van der Waals surface area contributed by atoms with Gasteiger partial charge in [-0.15, -0.1) is 0 Å². The number of nitrogens with one attached hydrogen (secondary N) is 1. The van der Waals surface area contributed by atoms with Gasteiger partial charge in [0.15, 0.2) is 0 Å². The molecule has 0 amide bonds. The lowest BCUT2D eigenvalue weighted by Crippen LogP contribution is -2.21. The summed E-state index contributed by atoms with van der Waals surface area (Å²) in [4.78, 5) is 0. The molecule has 0 spiro atoms. The maximum Gasteiger partial charge on any atom is 0.115 e. The topological polar surface area (TPSA) is 12.0 Å². The molecule has 1 fully saturated rings. The van der Waals surface area contributed by atoms with Gasteiger partial charge in [0.25, 0.3) is 0 Å². The monoisotopic (exact) mass is 235 g/mol. The first kappa shape index (κ1) is 12.6. The van der Waals surface area contributed by atoms with E-state index >= 15 is 0 Å². The van der Waals surface area contributed by atoms with Crippen LogP contribution in [0.4, 0.5) is 4.39 Å². The van der Waals surface area contributed by atoms with Crippen LogP contribution < -0.4 is 5.32 Å². The van der Waals surface area contributed by atoms with Crippen LogP contribution in [0.25, 0.3) is 0 Å². The van der Waals surface area contributed by atoms with Gasteiger partial charge in [-0.2, -0.15) is 0 Å². The third-order valence-corrected chi connectivity index (χ3v) is 3.68. The third kappa shape index (κ3) is 3.53. The van der Waals surface area contributed by atoms with E-state index in [0.29, 0.717) is 6.42 Å². The lowest BCUT2D eigenvalue weighted by atomic mass is 9.93. The highest BCUT2D eigenvalue weighted by atomic mass is 19.1. The Labute approximate surface area is 103 Å². The summed E-state index contributed by atoms with van der Waals surface area (Å²) in [5, 5.41) is 3.14. The van der Waals surface area contributed by atoms with E-state index in [1.54, 1.807) is 0 Å². The fourth-order valence-electron chi connectivity index (χ4n) is 2.72. The number of likely N-dealkylation sites (N-methyl/N-ethyl adjacent to an activating group) is 1. The molecule has 0 saturated heterocycles. The average molecular weight is 235 g/mol. The molecule has 1 N–H and O–H groups in total. The van der Waals surface area contributed by atoms with Gasteiger partial charge in [0.2, 0.25) is 0 Å².